The molecule has 0 aliphatic carbocycles. The summed E-state index contributed by atoms with van der Waals surface area (Å²) in [5.41, 5.74) is 6.44. The van der Waals surface area contributed by atoms with Crippen molar-refractivity contribution in [1.82, 2.24) is 15.6 Å². The van der Waals surface area contributed by atoms with E-state index in [2.05, 4.69) is 15.1 Å². The van der Waals surface area contributed by atoms with Crippen molar-refractivity contribution in [3.8, 4) is 0 Å². The van der Waals surface area contributed by atoms with Gasteiger partial charge in [0.2, 0.25) is 11.9 Å². The standard InChI is InChI=1S/C14H19Cl2N5O4/c15-10-7-9(17)8-11(16)13(10)19-14-18-4-5-20(14)12(22)3-1-2-6-25-21(23)24/h7-8,23-24H,1-6,17H2,(H,18,19). The summed E-state index contributed by atoms with van der Waals surface area (Å²) in [7, 11) is 0. The number of amides is 1. The Hall–Kier alpha value is -1.62. The molecular weight excluding hydrogens is 373 g/mol. The molecule has 0 aromatic heterocycles. The van der Waals surface area contributed by atoms with Gasteiger partial charge in [0.05, 0.1) is 22.0 Å². The second kappa shape index (κ2) is 9.18. The molecule has 1 heterocycles. The Bertz CT molecular complexity index is 633. The zero-order chi connectivity index (χ0) is 18.4. The lowest BCUT2D eigenvalue weighted by Gasteiger charge is -2.16. The van der Waals surface area contributed by atoms with Gasteiger partial charge in [0.25, 0.3) is 0 Å². The Labute approximate surface area is 154 Å². The number of rotatable bonds is 7. The number of unbranched alkanes of at least 4 members (excludes halogenated alkanes) is 1. The van der Waals surface area contributed by atoms with Gasteiger partial charge in [0.1, 0.15) is 5.69 Å². The third-order valence-electron chi connectivity index (χ3n) is 3.42. The molecule has 1 amide bonds. The van der Waals surface area contributed by atoms with Crippen molar-refractivity contribution in [1.29, 1.82) is 0 Å². The second-order valence-electron chi connectivity index (χ2n) is 5.28. The van der Waals surface area contributed by atoms with Crippen LogP contribution in [0.2, 0.25) is 10.0 Å². The van der Waals surface area contributed by atoms with Crippen LogP contribution < -0.4 is 11.1 Å². The number of hydrogen-bond acceptors (Lipinski definition) is 7. The van der Waals surface area contributed by atoms with E-state index in [1.807, 2.05) is 0 Å². The number of nitrogen functional groups attached to an aromatic ring is 1. The van der Waals surface area contributed by atoms with Crippen molar-refractivity contribution in [2.24, 2.45) is 4.99 Å². The molecule has 0 saturated carbocycles. The zero-order valence-electron chi connectivity index (χ0n) is 13.3. The molecule has 1 aromatic rings. The first kappa shape index (κ1) is 19.7. The van der Waals surface area contributed by atoms with Crippen LogP contribution in [0.5, 0.6) is 0 Å². The van der Waals surface area contributed by atoms with Crippen LogP contribution in [0.1, 0.15) is 19.3 Å². The molecule has 9 nitrogen and oxygen atoms in total. The fourth-order valence-electron chi connectivity index (χ4n) is 2.28. The van der Waals surface area contributed by atoms with Gasteiger partial charge in [0, 0.05) is 25.2 Å². The highest BCUT2D eigenvalue weighted by atomic mass is 35.5. The van der Waals surface area contributed by atoms with E-state index in [0.717, 1.165) is 0 Å². The van der Waals surface area contributed by atoms with Crippen LogP contribution in [-0.2, 0) is 9.63 Å². The van der Waals surface area contributed by atoms with Crippen molar-refractivity contribution < 1.29 is 20.0 Å². The van der Waals surface area contributed by atoms with Gasteiger partial charge in [0.15, 0.2) is 0 Å². The molecule has 11 heteroatoms. The van der Waals surface area contributed by atoms with E-state index in [1.165, 1.54) is 4.90 Å². The molecule has 1 fully saturated rings. The van der Waals surface area contributed by atoms with Gasteiger partial charge in [-0.3, -0.25) is 24.9 Å². The first-order chi connectivity index (χ1) is 11.9. The van der Waals surface area contributed by atoms with Crippen LogP contribution in [0.15, 0.2) is 17.1 Å². The number of benzene rings is 1. The lowest BCUT2D eigenvalue weighted by Crippen LogP contribution is -2.35. The minimum absolute atomic E-state index is 0.0934. The smallest absolute Gasteiger partial charge is 0.229 e. The number of halogens is 2. The number of carbonyl (C=O) groups excluding carboxylic acids is 1. The van der Waals surface area contributed by atoms with Crippen molar-refractivity contribution in [2.45, 2.75) is 19.3 Å². The molecule has 25 heavy (non-hydrogen) atoms. The number of guanidine groups is 1. The highest BCUT2D eigenvalue weighted by Crippen LogP contribution is 2.35. The molecule has 1 saturated heterocycles. The normalized spacial score (nSPS) is 15.9. The molecule has 5 N–H and O–H groups in total. The predicted octanol–water partition coefficient (Wildman–Crippen LogP) is 2.18. The Kier molecular flexibility index (Phi) is 7.24. The average molecular weight is 392 g/mol. The third kappa shape index (κ3) is 5.70. The third-order valence-corrected chi connectivity index (χ3v) is 4.00. The molecule has 1 aliphatic rings. The van der Waals surface area contributed by atoms with Crippen LogP contribution in [-0.4, -0.2) is 52.3 Å². The Morgan fingerprint density at radius 3 is 2.68 bits per heavy atom. The molecule has 1 aromatic carbocycles. The summed E-state index contributed by atoms with van der Waals surface area (Å²) < 4.78 is 0. The minimum Gasteiger partial charge on any atom is -0.399 e. The molecule has 0 unspecified atom stereocenters. The maximum atomic E-state index is 12.3. The molecule has 138 valence electrons. The van der Waals surface area contributed by atoms with Gasteiger partial charge in [-0.25, -0.2) is 4.99 Å². The number of nitrogens with two attached hydrogens (primary N) is 1. The van der Waals surface area contributed by atoms with Gasteiger partial charge in [-0.05, 0) is 25.0 Å². The van der Waals surface area contributed by atoms with Gasteiger partial charge >= 0.3 is 0 Å². The quantitative estimate of drug-likeness (QED) is 0.319. The predicted molar refractivity (Wildman–Crippen MR) is 92.9 cm³/mol. The van der Waals surface area contributed by atoms with Crippen LogP contribution in [0.3, 0.4) is 0 Å². The summed E-state index contributed by atoms with van der Waals surface area (Å²) in [5, 5.41) is 20.1. The van der Waals surface area contributed by atoms with E-state index >= 15 is 0 Å². The lowest BCUT2D eigenvalue weighted by molar-refractivity contribution is -0.492. The minimum atomic E-state index is -0.350. The van der Waals surface area contributed by atoms with Crippen LogP contribution in [0.25, 0.3) is 0 Å². The van der Waals surface area contributed by atoms with Crippen LogP contribution in [0, 0.1) is 0 Å². The molecular formula is C14H19Cl2N5O4. The van der Waals surface area contributed by atoms with Gasteiger partial charge in [-0.1, -0.05) is 23.2 Å². The molecule has 2 rings (SSSR count). The largest absolute Gasteiger partial charge is 0.399 e. The number of anilines is 1. The molecule has 1 aliphatic heterocycles. The highest BCUT2D eigenvalue weighted by molar-refractivity contribution is 6.39. The number of nitrogens with zero attached hydrogens (tertiary/aromatic N) is 3. The Morgan fingerprint density at radius 1 is 1.36 bits per heavy atom. The first-order valence-electron chi connectivity index (χ1n) is 7.56. The fourth-order valence-corrected chi connectivity index (χ4v) is 2.87. The summed E-state index contributed by atoms with van der Waals surface area (Å²) >= 11 is 12.2. The van der Waals surface area contributed by atoms with E-state index in [0.29, 0.717) is 53.3 Å². The van der Waals surface area contributed by atoms with Crippen molar-refractivity contribution in [2.75, 3.05) is 25.4 Å². The maximum Gasteiger partial charge on any atom is 0.229 e. The summed E-state index contributed by atoms with van der Waals surface area (Å²) in [6, 6.07) is 3.08. The monoisotopic (exact) mass is 391 g/mol. The second-order valence-corrected chi connectivity index (χ2v) is 6.10. The number of aliphatic imine (C=N–C) groups is 1. The van der Waals surface area contributed by atoms with Crippen LogP contribution >= 0.6 is 23.2 Å². The van der Waals surface area contributed by atoms with Crippen molar-refractivity contribution in [3.05, 3.63) is 22.2 Å². The van der Waals surface area contributed by atoms with E-state index in [-0.39, 0.29) is 24.3 Å². The first-order valence-corrected chi connectivity index (χ1v) is 8.32. The molecule has 0 spiro atoms. The fraction of sp³-hybridized carbons (Fsp3) is 0.429. The van der Waals surface area contributed by atoms with Gasteiger partial charge < -0.3 is 11.1 Å². The SMILES string of the molecule is Nc1cc(Cl)c(/N=C2\NCCN2C(=O)CCCCON(O)O)c(Cl)c1. The Morgan fingerprint density at radius 2 is 2.04 bits per heavy atom. The van der Waals surface area contributed by atoms with E-state index in [1.54, 1.807) is 12.1 Å². The summed E-state index contributed by atoms with van der Waals surface area (Å²) in [5.74, 6) is 0.267. The van der Waals surface area contributed by atoms with E-state index in [4.69, 9.17) is 39.4 Å². The maximum absolute atomic E-state index is 12.3. The summed E-state index contributed by atoms with van der Waals surface area (Å²) in [4.78, 5) is 22.6. The van der Waals surface area contributed by atoms with E-state index < -0.39 is 0 Å². The topological polar surface area (TPSA) is 124 Å². The van der Waals surface area contributed by atoms with Crippen molar-refractivity contribution >= 4 is 46.4 Å². The number of hydrogen-bond donors (Lipinski definition) is 4. The van der Waals surface area contributed by atoms with Gasteiger partial charge in [-0.15, -0.1) is 0 Å². The molecule has 0 atom stereocenters. The highest BCUT2D eigenvalue weighted by Gasteiger charge is 2.25. The van der Waals surface area contributed by atoms with E-state index in [9.17, 15) is 4.79 Å². The lowest BCUT2D eigenvalue weighted by atomic mass is 10.2. The Balaban J connectivity index is 1.99. The number of nitrogens with one attached hydrogen (secondary N) is 1. The molecule has 0 bridgehead atoms. The number of carbonyl (C=O) groups is 1. The van der Waals surface area contributed by atoms with Gasteiger partial charge in [-0.2, -0.15) is 0 Å². The zero-order valence-corrected chi connectivity index (χ0v) is 14.8. The molecule has 0 radical (unpaired) electrons. The summed E-state index contributed by atoms with van der Waals surface area (Å²) in [6.45, 7) is 1.15. The summed E-state index contributed by atoms with van der Waals surface area (Å²) in [6.07, 6.45) is 1.29. The average Bonchev–Trinajstić information content (AvgIpc) is 2.98. The van der Waals surface area contributed by atoms with Crippen LogP contribution in [0.4, 0.5) is 11.4 Å². The van der Waals surface area contributed by atoms with Crippen molar-refractivity contribution in [3.63, 3.8) is 0 Å².